The third-order valence-corrected chi connectivity index (χ3v) is 2.15. The van der Waals surface area contributed by atoms with Crippen molar-refractivity contribution in [2.45, 2.75) is 13.8 Å². The molecule has 0 radical (unpaired) electrons. The summed E-state index contributed by atoms with van der Waals surface area (Å²) in [6.45, 7) is 7.75. The molecule has 0 saturated carbocycles. The molecule has 0 N–H and O–H groups in total. The zero-order chi connectivity index (χ0) is 12.3. The zero-order valence-electron chi connectivity index (χ0n) is 9.97. The molecule has 0 unspecified atom stereocenters. The van der Waals surface area contributed by atoms with Crippen LogP contribution in [0.2, 0.25) is 0 Å². The van der Waals surface area contributed by atoms with Crippen molar-refractivity contribution in [3.8, 4) is 0 Å². The van der Waals surface area contributed by atoms with E-state index in [1.165, 1.54) is 5.57 Å². The highest BCUT2D eigenvalue weighted by atomic mass is 16.3. The topological polar surface area (TPSA) is 38.9 Å². The summed E-state index contributed by atoms with van der Waals surface area (Å²) in [5, 5.41) is 0. The molecule has 0 spiro atoms. The Hall–Kier alpha value is -2.16. The van der Waals surface area contributed by atoms with Crippen LogP contribution in [-0.2, 0) is 0 Å². The number of nitrogens with zero attached hydrogens (tertiary/aromatic N) is 2. The van der Waals surface area contributed by atoms with Gasteiger partial charge in [-0.3, -0.25) is 0 Å². The molecule has 86 valence electrons. The van der Waals surface area contributed by atoms with Gasteiger partial charge in [0.15, 0.2) is 11.2 Å². The SMILES string of the molecule is C=C/C=C(\C=C(C)C)c1nc2ncccc2o1. The second-order valence-corrected chi connectivity index (χ2v) is 3.92. The molecule has 0 atom stereocenters. The average Bonchev–Trinajstić information content (AvgIpc) is 2.71. The van der Waals surface area contributed by atoms with E-state index < -0.39 is 0 Å². The van der Waals surface area contributed by atoms with E-state index in [1.807, 2.05) is 38.1 Å². The van der Waals surface area contributed by atoms with Gasteiger partial charge in [-0.25, -0.2) is 4.98 Å². The van der Waals surface area contributed by atoms with Gasteiger partial charge in [0.1, 0.15) is 0 Å². The predicted octanol–water partition coefficient (Wildman–Crippen LogP) is 3.76. The molecule has 3 heteroatoms. The number of aromatic nitrogens is 2. The van der Waals surface area contributed by atoms with E-state index in [-0.39, 0.29) is 0 Å². The number of pyridine rings is 1. The van der Waals surface area contributed by atoms with Crippen LogP contribution in [0.5, 0.6) is 0 Å². The lowest BCUT2D eigenvalue weighted by Crippen LogP contribution is -1.81. The summed E-state index contributed by atoms with van der Waals surface area (Å²) in [7, 11) is 0. The minimum absolute atomic E-state index is 0.569. The molecule has 2 rings (SSSR count). The number of allylic oxidation sites excluding steroid dienone is 5. The van der Waals surface area contributed by atoms with E-state index in [9.17, 15) is 0 Å². The van der Waals surface area contributed by atoms with E-state index in [1.54, 1.807) is 12.3 Å². The van der Waals surface area contributed by atoms with Gasteiger partial charge in [-0.1, -0.05) is 30.4 Å². The molecule has 17 heavy (non-hydrogen) atoms. The Labute approximate surface area is 100 Å². The summed E-state index contributed by atoms with van der Waals surface area (Å²) < 4.78 is 5.65. The summed E-state index contributed by atoms with van der Waals surface area (Å²) in [6, 6.07) is 3.68. The van der Waals surface area contributed by atoms with Crippen molar-refractivity contribution in [3.63, 3.8) is 0 Å². The fourth-order valence-electron chi connectivity index (χ4n) is 1.51. The van der Waals surface area contributed by atoms with Crippen LogP contribution in [0.3, 0.4) is 0 Å². The van der Waals surface area contributed by atoms with Crippen LogP contribution in [0.1, 0.15) is 19.7 Å². The molecule has 0 saturated heterocycles. The standard InChI is InChI=1S/C14H14N2O/c1-4-6-11(9-10(2)3)14-16-13-12(17-14)7-5-8-15-13/h4-9H,1H2,2-3H3/b11-6+. The first-order valence-electron chi connectivity index (χ1n) is 5.40. The van der Waals surface area contributed by atoms with Crippen LogP contribution >= 0.6 is 0 Å². The average molecular weight is 226 g/mol. The maximum Gasteiger partial charge on any atom is 0.228 e. The van der Waals surface area contributed by atoms with Crippen molar-refractivity contribution in [1.29, 1.82) is 0 Å². The molecular formula is C14H14N2O. The van der Waals surface area contributed by atoms with Gasteiger partial charge in [-0.05, 0) is 26.0 Å². The van der Waals surface area contributed by atoms with Crippen molar-refractivity contribution >= 4 is 16.8 Å². The molecule has 0 aromatic carbocycles. The Balaban J connectivity index is 2.53. The van der Waals surface area contributed by atoms with Crippen LogP contribution in [0.15, 0.2) is 53.1 Å². The minimum atomic E-state index is 0.569. The van der Waals surface area contributed by atoms with Gasteiger partial charge in [0.25, 0.3) is 0 Å². The number of rotatable bonds is 3. The molecule has 0 amide bonds. The summed E-state index contributed by atoms with van der Waals surface area (Å²) in [5.41, 5.74) is 3.39. The predicted molar refractivity (Wildman–Crippen MR) is 69.4 cm³/mol. The second-order valence-electron chi connectivity index (χ2n) is 3.92. The Bertz CT molecular complexity index is 568. The lowest BCUT2D eigenvalue weighted by atomic mass is 10.1. The molecule has 0 aliphatic heterocycles. The van der Waals surface area contributed by atoms with Crippen molar-refractivity contribution in [2.75, 3.05) is 0 Å². The van der Waals surface area contributed by atoms with E-state index >= 15 is 0 Å². The first-order valence-corrected chi connectivity index (χ1v) is 5.40. The highest BCUT2D eigenvalue weighted by molar-refractivity contribution is 5.76. The zero-order valence-corrected chi connectivity index (χ0v) is 9.97. The van der Waals surface area contributed by atoms with Gasteiger partial charge >= 0.3 is 0 Å². The molecule has 0 bridgehead atoms. The molecule has 0 aliphatic rings. The lowest BCUT2D eigenvalue weighted by Gasteiger charge is -1.95. The largest absolute Gasteiger partial charge is 0.434 e. The highest BCUT2D eigenvalue weighted by Crippen LogP contribution is 2.21. The van der Waals surface area contributed by atoms with Gasteiger partial charge < -0.3 is 4.42 Å². The van der Waals surface area contributed by atoms with Crippen molar-refractivity contribution in [2.24, 2.45) is 0 Å². The van der Waals surface area contributed by atoms with E-state index in [2.05, 4.69) is 16.5 Å². The van der Waals surface area contributed by atoms with Gasteiger partial charge in [-0.2, -0.15) is 4.98 Å². The van der Waals surface area contributed by atoms with Crippen LogP contribution < -0.4 is 0 Å². The number of hydrogen-bond acceptors (Lipinski definition) is 3. The summed E-state index contributed by atoms with van der Waals surface area (Å²) >= 11 is 0. The van der Waals surface area contributed by atoms with Gasteiger partial charge in [-0.15, -0.1) is 0 Å². The maximum atomic E-state index is 5.65. The van der Waals surface area contributed by atoms with Crippen LogP contribution in [-0.4, -0.2) is 9.97 Å². The second kappa shape index (κ2) is 4.78. The molecule has 0 aliphatic carbocycles. The third kappa shape index (κ3) is 2.50. The number of hydrogen-bond donors (Lipinski definition) is 0. The van der Waals surface area contributed by atoms with Gasteiger partial charge in [0, 0.05) is 11.8 Å². The Morgan fingerprint density at radius 1 is 1.41 bits per heavy atom. The molecule has 0 fully saturated rings. The Kier molecular flexibility index (Phi) is 3.19. The van der Waals surface area contributed by atoms with Crippen molar-refractivity contribution < 1.29 is 4.42 Å². The quantitative estimate of drug-likeness (QED) is 0.748. The first-order chi connectivity index (χ1) is 8.20. The monoisotopic (exact) mass is 226 g/mol. The summed E-state index contributed by atoms with van der Waals surface area (Å²) in [6.07, 6.45) is 7.30. The summed E-state index contributed by atoms with van der Waals surface area (Å²) in [5.74, 6) is 0.569. The van der Waals surface area contributed by atoms with Crippen molar-refractivity contribution in [3.05, 3.63) is 54.6 Å². The molecule has 2 aromatic heterocycles. The molecular weight excluding hydrogens is 212 g/mol. The van der Waals surface area contributed by atoms with Crippen LogP contribution in [0, 0.1) is 0 Å². The first kappa shape index (κ1) is 11.3. The van der Waals surface area contributed by atoms with E-state index in [4.69, 9.17) is 4.42 Å². The molecule has 2 heterocycles. The number of oxazole rings is 1. The van der Waals surface area contributed by atoms with E-state index in [0.29, 0.717) is 17.1 Å². The highest BCUT2D eigenvalue weighted by Gasteiger charge is 2.08. The third-order valence-electron chi connectivity index (χ3n) is 2.15. The fraction of sp³-hybridized carbons (Fsp3) is 0.143. The fourth-order valence-corrected chi connectivity index (χ4v) is 1.51. The normalized spacial score (nSPS) is 11.5. The Morgan fingerprint density at radius 3 is 2.88 bits per heavy atom. The molecule has 2 aromatic rings. The van der Waals surface area contributed by atoms with Crippen LogP contribution in [0.4, 0.5) is 0 Å². The van der Waals surface area contributed by atoms with Gasteiger partial charge in [0.05, 0.1) is 0 Å². The van der Waals surface area contributed by atoms with Crippen LogP contribution in [0.25, 0.3) is 16.8 Å². The van der Waals surface area contributed by atoms with Crippen molar-refractivity contribution in [1.82, 2.24) is 9.97 Å². The smallest absolute Gasteiger partial charge is 0.228 e. The molecule has 3 nitrogen and oxygen atoms in total. The van der Waals surface area contributed by atoms with Gasteiger partial charge in [0.2, 0.25) is 5.89 Å². The minimum Gasteiger partial charge on any atom is -0.434 e. The Morgan fingerprint density at radius 2 is 2.24 bits per heavy atom. The maximum absolute atomic E-state index is 5.65. The lowest BCUT2D eigenvalue weighted by molar-refractivity contribution is 0.585. The summed E-state index contributed by atoms with van der Waals surface area (Å²) in [4.78, 5) is 8.49. The number of fused-ring (bicyclic) bond motifs is 1. The van der Waals surface area contributed by atoms with E-state index in [0.717, 1.165) is 5.57 Å².